The quantitative estimate of drug-likeness (QED) is 0.491. The van der Waals surface area contributed by atoms with Gasteiger partial charge in [0.2, 0.25) is 5.91 Å². The van der Waals surface area contributed by atoms with Crippen molar-refractivity contribution in [3.8, 4) is 11.5 Å². The summed E-state index contributed by atoms with van der Waals surface area (Å²) in [7, 11) is 3.11. The maximum Gasteiger partial charge on any atom is 0.283 e. The molecule has 8 nitrogen and oxygen atoms in total. The van der Waals surface area contributed by atoms with Crippen LogP contribution >= 0.6 is 11.8 Å². The number of aliphatic imine (C=N–C) groups is 1. The molecule has 34 heavy (non-hydrogen) atoms. The van der Waals surface area contributed by atoms with Gasteiger partial charge in [0.05, 0.1) is 38.5 Å². The molecule has 9 heteroatoms. The highest BCUT2D eigenvalue weighted by Crippen LogP contribution is 2.32. The van der Waals surface area contributed by atoms with E-state index < -0.39 is 0 Å². The van der Waals surface area contributed by atoms with Crippen LogP contribution in [-0.4, -0.2) is 37.0 Å². The molecular weight excluding hydrogens is 454 g/mol. The molecule has 3 aromatic rings. The van der Waals surface area contributed by atoms with Crippen LogP contribution in [0, 0.1) is 0 Å². The summed E-state index contributed by atoms with van der Waals surface area (Å²) in [5.41, 5.74) is 1.67. The maximum absolute atomic E-state index is 13.3. The Bertz CT molecular complexity index is 1220. The van der Waals surface area contributed by atoms with Gasteiger partial charge in [0, 0.05) is 0 Å². The molecule has 1 aliphatic rings. The van der Waals surface area contributed by atoms with Gasteiger partial charge < -0.3 is 19.2 Å². The lowest BCUT2D eigenvalue weighted by Crippen LogP contribution is -2.32. The number of carbonyl (C=O) groups excluding carboxylic acids is 2. The van der Waals surface area contributed by atoms with Gasteiger partial charge in [-0.05, 0) is 48.0 Å². The Morgan fingerprint density at radius 3 is 2.59 bits per heavy atom. The van der Waals surface area contributed by atoms with Crippen LogP contribution in [0.2, 0.25) is 0 Å². The number of para-hydroxylation sites is 1. The Labute approximate surface area is 201 Å². The van der Waals surface area contributed by atoms with Gasteiger partial charge in [-0.15, -0.1) is 0 Å². The third kappa shape index (κ3) is 5.32. The zero-order chi connectivity index (χ0) is 23.9. The third-order valence-electron chi connectivity index (χ3n) is 4.93. The minimum Gasteiger partial charge on any atom is -0.493 e. The number of methoxy groups -OCH3 is 2. The molecule has 0 saturated carbocycles. The fourth-order valence-corrected chi connectivity index (χ4v) is 4.12. The number of amidine groups is 1. The van der Waals surface area contributed by atoms with Crippen LogP contribution in [-0.2, 0) is 16.1 Å². The van der Waals surface area contributed by atoms with E-state index in [1.807, 2.05) is 36.4 Å². The maximum atomic E-state index is 13.3. The van der Waals surface area contributed by atoms with Crippen LogP contribution in [0.5, 0.6) is 11.5 Å². The summed E-state index contributed by atoms with van der Waals surface area (Å²) < 4.78 is 15.9. The van der Waals surface area contributed by atoms with Crippen LogP contribution in [0.3, 0.4) is 0 Å². The van der Waals surface area contributed by atoms with E-state index in [2.05, 4.69) is 10.3 Å². The number of nitrogens with one attached hydrogen (secondary N) is 1. The molecule has 0 aliphatic carbocycles. The Balaban J connectivity index is 1.55. The summed E-state index contributed by atoms with van der Waals surface area (Å²) in [6.45, 7) is 0.296. The monoisotopic (exact) mass is 477 g/mol. The number of hydrogen-bond donors (Lipinski definition) is 1. The van der Waals surface area contributed by atoms with Gasteiger partial charge in [-0.1, -0.05) is 36.0 Å². The molecule has 0 saturated heterocycles. The number of nitrogens with zero attached hydrogens (tertiary/aromatic N) is 2. The van der Waals surface area contributed by atoms with Crippen molar-refractivity contribution >= 4 is 40.5 Å². The van der Waals surface area contributed by atoms with Gasteiger partial charge in [-0.25, -0.2) is 4.99 Å². The first-order valence-electron chi connectivity index (χ1n) is 10.4. The number of anilines is 1. The van der Waals surface area contributed by atoms with E-state index in [1.54, 1.807) is 50.8 Å². The fraction of sp³-hybridized carbons (Fsp3) is 0.160. The Kier molecular flexibility index (Phi) is 7.34. The molecule has 1 N–H and O–H groups in total. The Hall–Kier alpha value is -3.98. The average Bonchev–Trinajstić information content (AvgIpc) is 3.50. The number of ether oxygens (including phenoxy) is 2. The highest BCUT2D eigenvalue weighted by atomic mass is 32.2. The molecule has 0 fully saturated rings. The predicted molar refractivity (Wildman–Crippen MR) is 132 cm³/mol. The number of amides is 2. The molecule has 4 rings (SSSR count). The van der Waals surface area contributed by atoms with Gasteiger partial charge in [-0.2, -0.15) is 0 Å². The lowest BCUT2D eigenvalue weighted by Gasteiger charge is -2.17. The second-order valence-corrected chi connectivity index (χ2v) is 8.10. The van der Waals surface area contributed by atoms with Gasteiger partial charge in [0.1, 0.15) is 11.5 Å². The molecule has 0 radical (unpaired) electrons. The largest absolute Gasteiger partial charge is 0.493 e. The van der Waals surface area contributed by atoms with E-state index in [1.165, 1.54) is 16.7 Å². The van der Waals surface area contributed by atoms with Crippen molar-refractivity contribution in [1.29, 1.82) is 0 Å². The molecular formula is C25H23N3O5S. The number of thioether (sulfide) groups is 1. The Morgan fingerprint density at radius 2 is 1.88 bits per heavy atom. The summed E-state index contributed by atoms with van der Waals surface area (Å²) in [5.74, 6) is 1.43. The van der Waals surface area contributed by atoms with E-state index in [4.69, 9.17) is 13.9 Å². The van der Waals surface area contributed by atoms with Crippen molar-refractivity contribution in [2.75, 3.05) is 24.9 Å². The number of furan rings is 1. The molecule has 1 aliphatic heterocycles. The Morgan fingerprint density at radius 1 is 1.09 bits per heavy atom. The zero-order valence-electron chi connectivity index (χ0n) is 18.7. The molecule has 0 bridgehead atoms. The number of hydrogen-bond acceptors (Lipinski definition) is 7. The molecule has 2 aromatic carbocycles. The molecule has 0 unspecified atom stereocenters. The molecule has 0 spiro atoms. The van der Waals surface area contributed by atoms with Crippen LogP contribution in [0.4, 0.5) is 5.69 Å². The van der Waals surface area contributed by atoms with Crippen molar-refractivity contribution in [1.82, 2.24) is 5.32 Å². The molecule has 2 heterocycles. The summed E-state index contributed by atoms with van der Waals surface area (Å²) in [6, 6.07) is 18.1. The minimum atomic E-state index is -0.278. The third-order valence-corrected chi connectivity index (χ3v) is 5.87. The van der Waals surface area contributed by atoms with Crippen molar-refractivity contribution < 1.29 is 23.5 Å². The normalized spacial score (nSPS) is 14.3. The van der Waals surface area contributed by atoms with Crippen molar-refractivity contribution in [3.63, 3.8) is 0 Å². The van der Waals surface area contributed by atoms with Crippen LogP contribution in [0.1, 0.15) is 11.3 Å². The second-order valence-electron chi connectivity index (χ2n) is 7.16. The van der Waals surface area contributed by atoms with Crippen molar-refractivity contribution in [2.24, 2.45) is 4.99 Å². The molecule has 1 aromatic heterocycles. The minimum absolute atomic E-state index is 0.0970. The average molecular weight is 478 g/mol. The predicted octanol–water partition coefficient (Wildman–Crippen LogP) is 4.09. The van der Waals surface area contributed by atoms with Crippen molar-refractivity contribution in [3.05, 3.63) is 83.9 Å². The zero-order valence-corrected chi connectivity index (χ0v) is 19.5. The first-order valence-corrected chi connectivity index (χ1v) is 11.4. The molecule has 0 atom stereocenters. The first-order chi connectivity index (χ1) is 16.6. The number of rotatable bonds is 8. The fourth-order valence-electron chi connectivity index (χ4n) is 3.28. The summed E-state index contributed by atoms with van der Waals surface area (Å²) in [4.78, 5) is 31.7. The van der Waals surface area contributed by atoms with Gasteiger partial charge in [0.25, 0.3) is 5.91 Å². The highest BCUT2D eigenvalue weighted by Gasteiger charge is 2.32. The molecule has 2 amide bonds. The van der Waals surface area contributed by atoms with Crippen LogP contribution < -0.4 is 19.7 Å². The lowest BCUT2D eigenvalue weighted by molar-refractivity contribution is -0.118. The van der Waals surface area contributed by atoms with Crippen LogP contribution in [0.15, 0.2) is 82.0 Å². The van der Waals surface area contributed by atoms with Gasteiger partial charge >= 0.3 is 0 Å². The summed E-state index contributed by atoms with van der Waals surface area (Å²) in [5, 5.41) is 3.22. The number of benzene rings is 2. The number of carbonyl (C=O) groups is 2. The van der Waals surface area contributed by atoms with E-state index in [-0.39, 0.29) is 23.3 Å². The van der Waals surface area contributed by atoms with Gasteiger partial charge in [-0.3, -0.25) is 14.5 Å². The van der Waals surface area contributed by atoms with E-state index in [0.717, 1.165) is 5.56 Å². The van der Waals surface area contributed by atoms with E-state index in [9.17, 15) is 9.59 Å². The van der Waals surface area contributed by atoms with Crippen molar-refractivity contribution in [2.45, 2.75) is 6.54 Å². The van der Waals surface area contributed by atoms with Gasteiger partial charge in [0.15, 0.2) is 16.7 Å². The van der Waals surface area contributed by atoms with Crippen LogP contribution in [0.25, 0.3) is 6.08 Å². The summed E-state index contributed by atoms with van der Waals surface area (Å²) in [6.07, 6.45) is 3.24. The SMILES string of the molecule is COc1ccc(/C=C2/N=C(SCC(=O)NCc3ccco3)N(c3ccccc3)C2=O)cc1OC. The second kappa shape index (κ2) is 10.8. The van der Waals surface area contributed by atoms with E-state index >= 15 is 0 Å². The highest BCUT2D eigenvalue weighted by molar-refractivity contribution is 8.14. The standard InChI is InChI=1S/C25H23N3O5S/c1-31-21-11-10-17(14-22(21)32-2)13-20-24(30)28(18-7-4-3-5-8-18)25(27-20)34-16-23(29)26-15-19-9-6-12-33-19/h3-14H,15-16H2,1-2H3,(H,26,29)/b20-13+. The molecule has 174 valence electrons. The summed E-state index contributed by atoms with van der Waals surface area (Å²) >= 11 is 1.19. The topological polar surface area (TPSA) is 93.4 Å². The first kappa shape index (κ1) is 23.2. The van der Waals surface area contributed by atoms with E-state index in [0.29, 0.717) is 34.7 Å². The lowest BCUT2D eigenvalue weighted by atomic mass is 10.1. The smallest absolute Gasteiger partial charge is 0.283 e.